The molecule has 7 heteroatoms. The molecular formula is C11H27F7. The van der Waals surface area contributed by atoms with E-state index < -0.39 is 24.2 Å². The van der Waals surface area contributed by atoms with Gasteiger partial charge >= 0.3 is 17.8 Å². The molecule has 0 saturated carbocycles. The second kappa shape index (κ2) is 11.6. The van der Waals surface area contributed by atoms with Gasteiger partial charge in [0.05, 0.1) is 7.18 Å². The molecule has 0 unspecified atom stereocenters. The zero-order valence-corrected chi connectivity index (χ0v) is 7.85. The molecule has 0 heterocycles. The van der Waals surface area contributed by atoms with Crippen LogP contribution < -0.4 is 0 Å². The molecule has 0 radical (unpaired) electrons. The number of rotatable bonds is 3. The summed E-state index contributed by atoms with van der Waals surface area (Å²) in [6, 6.07) is 0. The summed E-state index contributed by atoms with van der Waals surface area (Å²) in [5.41, 5.74) is 0. The van der Waals surface area contributed by atoms with E-state index in [0.29, 0.717) is 7.18 Å². The molecule has 0 spiro atoms. The van der Waals surface area contributed by atoms with Gasteiger partial charge < -0.3 is 0 Å². The van der Waals surface area contributed by atoms with Gasteiger partial charge in [-0.05, 0) is 0 Å². The van der Waals surface area contributed by atoms with Crippen molar-refractivity contribution in [1.82, 2.24) is 0 Å². The van der Waals surface area contributed by atoms with E-state index in [-0.39, 0.29) is 36.6 Å². The summed E-state index contributed by atoms with van der Waals surface area (Å²) in [5, 5.41) is 0. The Morgan fingerprint density at radius 1 is 0.722 bits per heavy atom. The fourth-order valence-corrected chi connectivity index (χ4v) is 0.543. The average Bonchev–Trinajstić information content (AvgIpc) is 2.06. The van der Waals surface area contributed by atoms with Gasteiger partial charge in [0.2, 0.25) is 0 Å². The van der Waals surface area contributed by atoms with Gasteiger partial charge in [-0.1, -0.05) is 36.6 Å². The van der Waals surface area contributed by atoms with Gasteiger partial charge in [-0.3, -0.25) is 4.39 Å². The second-order valence-corrected chi connectivity index (χ2v) is 2.52. The normalized spacial score (nSPS) is 10.3. The lowest BCUT2D eigenvalue weighted by Crippen LogP contribution is -2.52. The maximum absolute atomic E-state index is 12.2. The van der Waals surface area contributed by atoms with Crippen molar-refractivity contribution in [3.8, 4) is 0 Å². The third kappa shape index (κ3) is 7.76. The Morgan fingerprint density at radius 3 is 1.00 bits per heavy atom. The molecule has 0 aliphatic carbocycles. The van der Waals surface area contributed by atoms with Gasteiger partial charge in [0, 0.05) is 13.3 Å². The zero-order valence-electron chi connectivity index (χ0n) is 7.85. The van der Waals surface area contributed by atoms with Crippen molar-refractivity contribution in [2.45, 2.75) is 67.7 Å². The first kappa shape index (κ1) is 36.0. The fraction of sp³-hybridized carbons (Fsp3) is 1.00. The van der Waals surface area contributed by atoms with Crippen LogP contribution in [-0.2, 0) is 0 Å². The van der Waals surface area contributed by atoms with E-state index in [2.05, 4.69) is 0 Å². The minimum Gasteiger partial charge on any atom is -0.255 e. The Kier molecular flexibility index (Phi) is 23.2. The Labute approximate surface area is 107 Å². The van der Waals surface area contributed by atoms with Crippen molar-refractivity contribution in [2.24, 2.45) is 0 Å². The van der Waals surface area contributed by atoms with Gasteiger partial charge in [0.1, 0.15) is 0 Å². The largest absolute Gasteiger partial charge is 0.371 e. The topological polar surface area (TPSA) is 0 Å². The molecule has 18 heavy (non-hydrogen) atoms. The van der Waals surface area contributed by atoms with Crippen LogP contribution in [0.4, 0.5) is 30.7 Å². The van der Waals surface area contributed by atoms with Crippen LogP contribution in [0.15, 0.2) is 0 Å². The second-order valence-electron chi connectivity index (χ2n) is 2.52. The van der Waals surface area contributed by atoms with E-state index >= 15 is 0 Å². The number of halogens is 7. The third-order valence-corrected chi connectivity index (χ3v) is 1.45. The molecule has 0 amide bonds. The lowest BCUT2D eigenvalue weighted by molar-refractivity contribution is -0.303. The fourth-order valence-electron chi connectivity index (χ4n) is 0.543. The lowest BCUT2D eigenvalue weighted by atomic mass is 10.0. The van der Waals surface area contributed by atoms with Crippen molar-refractivity contribution >= 4 is 0 Å². The summed E-state index contributed by atoms with van der Waals surface area (Å²) in [7, 11) is 0.500. The molecule has 0 bridgehead atoms. The van der Waals surface area contributed by atoms with E-state index in [1.54, 1.807) is 0 Å². The molecule has 0 N–H and O–H groups in total. The van der Waals surface area contributed by atoms with Crippen LogP contribution in [0.25, 0.3) is 0 Å². The lowest BCUT2D eigenvalue weighted by Gasteiger charge is -2.29. The Balaban J connectivity index is -0.0000000569. The highest BCUT2D eigenvalue weighted by Gasteiger charge is 2.67. The summed E-state index contributed by atoms with van der Waals surface area (Å²) in [6.07, 6.45) is -1.32. The monoisotopic (exact) mass is 292 g/mol. The minimum atomic E-state index is -5.28. The standard InChI is InChI=1S/C6H8F6.CH3F.4CH4/c1-3-5(9,10)6(11,12)4(2,7)8;1-2;;;;/h3H2,1-2H3;1H3;4*1H4. The molecule has 0 aliphatic rings. The average molecular weight is 292 g/mol. The van der Waals surface area contributed by atoms with Crippen LogP contribution in [-0.4, -0.2) is 24.9 Å². The summed E-state index contributed by atoms with van der Waals surface area (Å²) in [6.45, 7) is 0.496. The number of hydrogen-bond acceptors (Lipinski definition) is 0. The summed E-state index contributed by atoms with van der Waals surface area (Å²) in [4.78, 5) is 0. The minimum absolute atomic E-state index is 0. The molecule has 0 nitrogen and oxygen atoms in total. The van der Waals surface area contributed by atoms with Gasteiger partial charge in [0.25, 0.3) is 0 Å². The van der Waals surface area contributed by atoms with E-state index in [1.165, 1.54) is 0 Å². The molecule has 0 aliphatic heterocycles. The van der Waals surface area contributed by atoms with Crippen molar-refractivity contribution < 1.29 is 30.7 Å². The molecular weight excluding hydrogens is 265 g/mol. The quantitative estimate of drug-likeness (QED) is 0.524. The molecule has 0 saturated heterocycles. The first-order chi connectivity index (χ1) is 6.06. The molecule has 0 aromatic rings. The van der Waals surface area contributed by atoms with Crippen LogP contribution in [0.5, 0.6) is 0 Å². The maximum atomic E-state index is 12.2. The number of hydrogen-bond donors (Lipinski definition) is 0. The Bertz CT molecular complexity index is 161. The van der Waals surface area contributed by atoms with E-state index in [4.69, 9.17) is 0 Å². The summed E-state index contributed by atoms with van der Waals surface area (Å²) < 4.78 is 82.2. The van der Waals surface area contributed by atoms with E-state index in [0.717, 1.165) is 6.92 Å². The van der Waals surface area contributed by atoms with E-state index in [9.17, 15) is 30.7 Å². The van der Waals surface area contributed by atoms with Crippen LogP contribution in [0.3, 0.4) is 0 Å². The smallest absolute Gasteiger partial charge is 0.255 e. The molecule has 0 fully saturated rings. The summed E-state index contributed by atoms with van der Waals surface area (Å²) in [5.74, 6) is -14.6. The molecule has 0 atom stereocenters. The summed E-state index contributed by atoms with van der Waals surface area (Å²) >= 11 is 0. The van der Waals surface area contributed by atoms with Crippen molar-refractivity contribution in [1.29, 1.82) is 0 Å². The van der Waals surface area contributed by atoms with Gasteiger partial charge in [0.15, 0.2) is 0 Å². The zero-order chi connectivity index (χ0) is 12.2. The highest BCUT2D eigenvalue weighted by Crippen LogP contribution is 2.46. The highest BCUT2D eigenvalue weighted by atomic mass is 19.3. The highest BCUT2D eigenvalue weighted by molar-refractivity contribution is 4.92. The molecule has 0 aromatic heterocycles. The maximum Gasteiger partial charge on any atom is 0.371 e. The van der Waals surface area contributed by atoms with Crippen LogP contribution in [0.2, 0.25) is 0 Å². The first-order valence-corrected chi connectivity index (χ1v) is 3.57. The van der Waals surface area contributed by atoms with Crippen LogP contribution >= 0.6 is 0 Å². The first-order valence-electron chi connectivity index (χ1n) is 3.57. The third-order valence-electron chi connectivity index (χ3n) is 1.45. The van der Waals surface area contributed by atoms with Gasteiger partial charge in [-0.15, -0.1) is 0 Å². The molecule has 0 rings (SSSR count). The van der Waals surface area contributed by atoms with Crippen molar-refractivity contribution in [2.75, 3.05) is 7.18 Å². The van der Waals surface area contributed by atoms with Crippen molar-refractivity contribution in [3.05, 3.63) is 0 Å². The van der Waals surface area contributed by atoms with E-state index in [1.807, 2.05) is 0 Å². The van der Waals surface area contributed by atoms with Crippen LogP contribution in [0, 0.1) is 0 Å². The molecule has 0 aromatic carbocycles. The predicted molar refractivity (Wildman–Crippen MR) is 64.8 cm³/mol. The Morgan fingerprint density at radius 2 is 0.944 bits per heavy atom. The van der Waals surface area contributed by atoms with Gasteiger partial charge in [-0.25, -0.2) is 0 Å². The van der Waals surface area contributed by atoms with Crippen molar-refractivity contribution in [3.63, 3.8) is 0 Å². The SMILES string of the molecule is C.C.C.C.CCC(F)(F)C(F)(F)C(C)(F)F.CF. The Hall–Kier alpha value is -0.490. The van der Waals surface area contributed by atoms with Gasteiger partial charge in [-0.2, -0.15) is 26.3 Å². The predicted octanol–water partition coefficient (Wildman–Crippen LogP) is 6.45. The van der Waals surface area contributed by atoms with Crippen LogP contribution in [0.1, 0.15) is 50.0 Å². The number of alkyl halides is 7. The molecule has 120 valence electrons.